The second-order valence-electron chi connectivity index (χ2n) is 4.50. The van der Waals surface area contributed by atoms with E-state index in [2.05, 4.69) is 0 Å². The fourth-order valence-corrected chi connectivity index (χ4v) is 4.22. The number of aliphatic hydroxyl groups is 1. The molecule has 2 heteroatoms. The van der Waals surface area contributed by atoms with Gasteiger partial charge in [0.05, 0.1) is 6.10 Å². The van der Waals surface area contributed by atoms with Gasteiger partial charge in [0.1, 0.15) is 0 Å². The minimum absolute atomic E-state index is 0.0544. The van der Waals surface area contributed by atoms with Crippen molar-refractivity contribution in [3.05, 3.63) is 0 Å². The monoisotopic (exact) mass is 172 g/mol. The van der Waals surface area contributed by atoms with Crippen LogP contribution in [0.15, 0.2) is 0 Å². The number of aliphatic hydroxyl groups excluding tert-OH is 1. The van der Waals surface area contributed by atoms with Crippen molar-refractivity contribution >= 4 is 11.6 Å². The van der Waals surface area contributed by atoms with Gasteiger partial charge in [-0.25, -0.2) is 0 Å². The van der Waals surface area contributed by atoms with Gasteiger partial charge in [-0.1, -0.05) is 0 Å². The zero-order valence-corrected chi connectivity index (χ0v) is 7.17. The highest BCUT2D eigenvalue weighted by Crippen LogP contribution is 2.59. The molecular formula is C9H13ClO. The minimum atomic E-state index is -0.0544. The highest BCUT2D eigenvalue weighted by molar-refractivity contribution is 6.21. The van der Waals surface area contributed by atoms with E-state index in [9.17, 15) is 5.11 Å². The summed E-state index contributed by atoms with van der Waals surface area (Å²) in [7, 11) is 0. The molecule has 62 valence electrons. The molecule has 0 spiro atoms. The van der Waals surface area contributed by atoms with Crippen LogP contribution < -0.4 is 0 Å². The molecule has 4 aliphatic rings. The van der Waals surface area contributed by atoms with Gasteiger partial charge in [-0.05, 0) is 37.0 Å². The molecule has 0 saturated heterocycles. The Balaban J connectivity index is 2.00. The lowest BCUT2D eigenvalue weighted by Gasteiger charge is -2.32. The van der Waals surface area contributed by atoms with E-state index in [-0.39, 0.29) is 6.10 Å². The largest absolute Gasteiger partial charge is 0.392 e. The number of alkyl halides is 1. The third kappa shape index (κ3) is 0.671. The summed E-state index contributed by atoms with van der Waals surface area (Å²) in [6, 6.07) is 0. The Morgan fingerprint density at radius 1 is 1.00 bits per heavy atom. The highest BCUT2D eigenvalue weighted by Gasteiger charge is 2.58. The summed E-state index contributed by atoms with van der Waals surface area (Å²) in [5, 5.41) is 10.1. The predicted octanol–water partition coefficient (Wildman–Crippen LogP) is 1.63. The Morgan fingerprint density at radius 3 is 2.36 bits per heavy atom. The molecule has 0 aromatic rings. The van der Waals surface area contributed by atoms with Crippen molar-refractivity contribution in [3.63, 3.8) is 0 Å². The Labute approximate surface area is 71.7 Å². The summed E-state index contributed by atoms with van der Waals surface area (Å²) in [6.45, 7) is 0. The molecule has 0 aliphatic heterocycles. The first kappa shape index (κ1) is 6.73. The fraction of sp³-hybridized carbons (Fsp3) is 1.00. The zero-order valence-electron chi connectivity index (χ0n) is 6.41. The SMILES string of the molecule is OC1C2CC3CC(C2)C1C3Cl. The van der Waals surface area contributed by atoms with Crippen molar-refractivity contribution in [2.24, 2.45) is 23.7 Å². The van der Waals surface area contributed by atoms with Crippen molar-refractivity contribution < 1.29 is 5.11 Å². The first-order valence-electron chi connectivity index (χ1n) is 4.59. The Kier molecular flexibility index (Phi) is 1.19. The average molecular weight is 173 g/mol. The van der Waals surface area contributed by atoms with E-state index < -0.39 is 0 Å². The quantitative estimate of drug-likeness (QED) is 0.551. The van der Waals surface area contributed by atoms with Crippen molar-refractivity contribution in [1.82, 2.24) is 0 Å². The summed E-state index contributed by atoms with van der Waals surface area (Å²) < 4.78 is 0. The van der Waals surface area contributed by atoms with Crippen LogP contribution in [0, 0.1) is 23.7 Å². The van der Waals surface area contributed by atoms with Gasteiger partial charge >= 0.3 is 0 Å². The third-order valence-electron chi connectivity index (χ3n) is 4.06. The van der Waals surface area contributed by atoms with Gasteiger partial charge < -0.3 is 5.11 Å². The van der Waals surface area contributed by atoms with Gasteiger partial charge in [-0.3, -0.25) is 0 Å². The molecule has 1 N–H and O–H groups in total. The van der Waals surface area contributed by atoms with E-state index in [0.717, 1.165) is 11.8 Å². The maximum Gasteiger partial charge on any atom is 0.0613 e. The number of hydrogen-bond donors (Lipinski definition) is 1. The van der Waals surface area contributed by atoms with Crippen molar-refractivity contribution in [2.45, 2.75) is 30.7 Å². The second kappa shape index (κ2) is 1.94. The van der Waals surface area contributed by atoms with Crippen LogP contribution in [-0.4, -0.2) is 16.6 Å². The lowest BCUT2D eigenvalue weighted by atomic mass is 9.80. The van der Waals surface area contributed by atoms with Crippen LogP contribution in [0.5, 0.6) is 0 Å². The van der Waals surface area contributed by atoms with Crippen molar-refractivity contribution in [3.8, 4) is 0 Å². The van der Waals surface area contributed by atoms with E-state index in [1.165, 1.54) is 19.3 Å². The van der Waals surface area contributed by atoms with E-state index in [1.54, 1.807) is 0 Å². The Bertz CT molecular complexity index is 173. The minimum Gasteiger partial charge on any atom is -0.392 e. The summed E-state index contributed by atoms with van der Waals surface area (Å²) in [5.74, 6) is 2.59. The molecule has 11 heavy (non-hydrogen) atoms. The summed E-state index contributed by atoms with van der Waals surface area (Å²) in [6.07, 6.45) is 3.70. The van der Waals surface area contributed by atoms with Crippen molar-refractivity contribution in [1.29, 1.82) is 0 Å². The third-order valence-corrected chi connectivity index (χ3v) is 4.70. The molecule has 4 saturated carbocycles. The maximum absolute atomic E-state index is 9.79. The molecule has 0 amide bonds. The van der Waals surface area contributed by atoms with Crippen LogP contribution in [0.1, 0.15) is 19.3 Å². The normalized spacial score (nSPS) is 66.0. The molecule has 6 unspecified atom stereocenters. The van der Waals surface area contributed by atoms with Gasteiger partial charge in [0.15, 0.2) is 0 Å². The molecule has 4 fully saturated rings. The predicted molar refractivity (Wildman–Crippen MR) is 43.5 cm³/mol. The van der Waals surface area contributed by atoms with Crippen molar-refractivity contribution in [2.75, 3.05) is 0 Å². The molecule has 6 atom stereocenters. The molecule has 0 heterocycles. The van der Waals surface area contributed by atoms with Crippen LogP contribution >= 0.6 is 11.6 Å². The standard InChI is InChI=1S/C9H13ClO/c10-8-5-1-4-2-6(3-5)9(11)7(4)8/h4-9,11H,1-3H2. The molecule has 0 aromatic carbocycles. The smallest absolute Gasteiger partial charge is 0.0613 e. The summed E-state index contributed by atoms with van der Waals surface area (Å²) in [4.78, 5) is 0. The molecule has 1 nitrogen and oxygen atoms in total. The van der Waals surface area contributed by atoms with Gasteiger partial charge in [-0.2, -0.15) is 0 Å². The number of halogens is 1. The molecular weight excluding hydrogens is 160 g/mol. The maximum atomic E-state index is 9.79. The molecule has 4 bridgehead atoms. The summed E-state index contributed by atoms with van der Waals surface area (Å²) >= 11 is 6.24. The van der Waals surface area contributed by atoms with E-state index in [1.807, 2.05) is 0 Å². The fourth-order valence-electron chi connectivity index (χ4n) is 3.66. The van der Waals surface area contributed by atoms with Crippen LogP contribution in [0.4, 0.5) is 0 Å². The van der Waals surface area contributed by atoms with Crippen LogP contribution in [0.2, 0.25) is 0 Å². The first-order valence-corrected chi connectivity index (χ1v) is 5.03. The Hall–Kier alpha value is 0.250. The van der Waals surface area contributed by atoms with Gasteiger partial charge in [0.2, 0.25) is 0 Å². The van der Waals surface area contributed by atoms with Crippen LogP contribution in [-0.2, 0) is 0 Å². The van der Waals surface area contributed by atoms with E-state index >= 15 is 0 Å². The molecule has 4 aliphatic carbocycles. The first-order chi connectivity index (χ1) is 5.27. The van der Waals surface area contributed by atoms with Gasteiger partial charge in [0.25, 0.3) is 0 Å². The lowest BCUT2D eigenvalue weighted by Crippen LogP contribution is -2.35. The van der Waals surface area contributed by atoms with E-state index in [4.69, 9.17) is 11.6 Å². The number of hydrogen-bond acceptors (Lipinski definition) is 1. The topological polar surface area (TPSA) is 20.2 Å². The van der Waals surface area contributed by atoms with Gasteiger partial charge in [-0.15, -0.1) is 11.6 Å². The van der Waals surface area contributed by atoms with Crippen LogP contribution in [0.3, 0.4) is 0 Å². The Morgan fingerprint density at radius 2 is 1.64 bits per heavy atom. The molecule has 0 aromatic heterocycles. The molecule has 0 radical (unpaired) electrons. The summed E-state index contributed by atoms with van der Waals surface area (Å²) in [5.41, 5.74) is 0. The zero-order chi connectivity index (χ0) is 7.59. The van der Waals surface area contributed by atoms with Gasteiger partial charge in [0, 0.05) is 11.3 Å². The van der Waals surface area contributed by atoms with E-state index in [0.29, 0.717) is 17.2 Å². The average Bonchev–Trinajstić information content (AvgIpc) is 2.33. The highest BCUT2D eigenvalue weighted by atomic mass is 35.5. The lowest BCUT2D eigenvalue weighted by molar-refractivity contribution is 0.0555. The molecule has 4 rings (SSSR count). The second-order valence-corrected chi connectivity index (χ2v) is 5.00. The number of rotatable bonds is 0. The van der Waals surface area contributed by atoms with Crippen LogP contribution in [0.25, 0.3) is 0 Å².